The number of amides is 1. The van der Waals surface area contributed by atoms with Crippen LogP contribution in [0, 0.1) is 11.3 Å². The van der Waals surface area contributed by atoms with Crippen molar-refractivity contribution < 1.29 is 31.1 Å². The molecule has 6 nitrogen and oxygen atoms in total. The minimum atomic E-state index is -4.89. The topological polar surface area (TPSA) is 96.3 Å². The van der Waals surface area contributed by atoms with Gasteiger partial charge in [-0.25, -0.2) is 13.1 Å². The number of hydrogen-bond acceptors (Lipinski definition) is 5. The first-order valence-electron chi connectivity index (χ1n) is 7.42. The Kier molecular flexibility index (Phi) is 5.69. The molecule has 1 N–H and O–H groups in total. The highest BCUT2D eigenvalue weighted by Gasteiger charge is 2.35. The molecule has 0 unspecified atom stereocenters. The van der Waals surface area contributed by atoms with E-state index in [0.29, 0.717) is 19.1 Å². The Morgan fingerprint density at radius 1 is 1.36 bits per heavy atom. The number of halogens is 3. The van der Waals surface area contributed by atoms with Gasteiger partial charge in [0.1, 0.15) is 0 Å². The second-order valence-electron chi connectivity index (χ2n) is 5.54. The number of carbonyl (C=O) groups is 1. The molecule has 1 aliphatic heterocycles. The molecular weight excluding hydrogens is 361 g/mol. The van der Waals surface area contributed by atoms with Crippen molar-refractivity contribution in [1.29, 1.82) is 5.26 Å². The molecule has 0 aliphatic carbocycles. The number of carbonyl (C=O) groups excluding carboxylic acids is 1. The van der Waals surface area contributed by atoms with Crippen LogP contribution in [0.25, 0.3) is 0 Å². The van der Waals surface area contributed by atoms with Crippen molar-refractivity contribution in [2.45, 2.75) is 42.9 Å². The minimum absolute atomic E-state index is 0.193. The van der Waals surface area contributed by atoms with Gasteiger partial charge in [-0.2, -0.15) is 18.4 Å². The Labute approximate surface area is 142 Å². The fourth-order valence-electron chi connectivity index (χ4n) is 2.45. The Hall–Kier alpha value is -2.12. The molecule has 1 aromatic carbocycles. The van der Waals surface area contributed by atoms with Gasteiger partial charge < -0.3 is 4.74 Å². The zero-order valence-electron chi connectivity index (χ0n) is 13.0. The second kappa shape index (κ2) is 7.41. The first kappa shape index (κ1) is 19.2. The van der Waals surface area contributed by atoms with Crippen LogP contribution < -0.4 is 4.72 Å². The van der Waals surface area contributed by atoms with Crippen molar-refractivity contribution in [3.8, 4) is 6.07 Å². The van der Waals surface area contributed by atoms with Crippen LogP contribution in [0.5, 0.6) is 0 Å². The van der Waals surface area contributed by atoms with Gasteiger partial charge in [0.05, 0.1) is 34.6 Å². The molecule has 1 saturated heterocycles. The van der Waals surface area contributed by atoms with E-state index in [-0.39, 0.29) is 6.42 Å². The average molecular weight is 376 g/mol. The lowest BCUT2D eigenvalue weighted by Gasteiger charge is -2.21. The van der Waals surface area contributed by atoms with Crippen LogP contribution in [0.3, 0.4) is 0 Å². The average Bonchev–Trinajstić information content (AvgIpc) is 2.53. The van der Waals surface area contributed by atoms with Gasteiger partial charge in [0, 0.05) is 6.61 Å². The van der Waals surface area contributed by atoms with Crippen molar-refractivity contribution in [3.63, 3.8) is 0 Å². The van der Waals surface area contributed by atoms with E-state index < -0.39 is 44.2 Å². The third-order valence-electron chi connectivity index (χ3n) is 3.66. The van der Waals surface area contributed by atoms with Gasteiger partial charge in [-0.1, -0.05) is 0 Å². The largest absolute Gasteiger partial charge is 0.417 e. The predicted octanol–water partition coefficient (Wildman–Crippen LogP) is 2.34. The van der Waals surface area contributed by atoms with E-state index in [1.54, 1.807) is 4.72 Å². The molecule has 0 radical (unpaired) electrons. The molecular formula is C15H15F3N2O4S. The van der Waals surface area contributed by atoms with Crippen molar-refractivity contribution in [3.05, 3.63) is 29.3 Å². The summed E-state index contributed by atoms with van der Waals surface area (Å²) in [4.78, 5) is 11.1. The number of benzene rings is 1. The van der Waals surface area contributed by atoms with Crippen LogP contribution in [0.1, 0.15) is 36.8 Å². The number of nitrogens with zero attached hydrogens (tertiary/aromatic N) is 1. The van der Waals surface area contributed by atoms with Gasteiger partial charge >= 0.3 is 6.18 Å². The standard InChI is InChI=1S/C15H15F3N2O4S/c16-15(17,18)13-8-12(5-4-10(13)9-19)25(22,23)20-14(21)7-11-3-1-2-6-24-11/h4-5,8,11H,1-3,6-7H2,(H,20,21)/t11-/m0/s1. The maximum atomic E-state index is 12.9. The van der Waals surface area contributed by atoms with Crippen molar-refractivity contribution >= 4 is 15.9 Å². The molecule has 10 heteroatoms. The lowest BCUT2D eigenvalue weighted by molar-refractivity contribution is -0.138. The predicted molar refractivity (Wildman–Crippen MR) is 79.7 cm³/mol. The molecule has 0 bridgehead atoms. The Morgan fingerprint density at radius 2 is 2.08 bits per heavy atom. The first-order valence-corrected chi connectivity index (χ1v) is 8.90. The van der Waals surface area contributed by atoms with Gasteiger partial charge in [0.15, 0.2) is 0 Å². The molecule has 1 aliphatic rings. The number of rotatable bonds is 4. The molecule has 1 heterocycles. The van der Waals surface area contributed by atoms with Crippen molar-refractivity contribution in [2.75, 3.05) is 6.61 Å². The monoisotopic (exact) mass is 376 g/mol. The van der Waals surface area contributed by atoms with Crippen molar-refractivity contribution in [1.82, 2.24) is 4.72 Å². The minimum Gasteiger partial charge on any atom is -0.378 e. The molecule has 0 aromatic heterocycles. The van der Waals surface area contributed by atoms with Gasteiger partial charge in [0.2, 0.25) is 5.91 Å². The van der Waals surface area contributed by atoms with Gasteiger partial charge in [0.25, 0.3) is 10.0 Å². The molecule has 1 fully saturated rings. The third-order valence-corrected chi connectivity index (χ3v) is 5.03. The number of nitriles is 1. The smallest absolute Gasteiger partial charge is 0.378 e. The molecule has 0 saturated carbocycles. The summed E-state index contributed by atoms with van der Waals surface area (Å²) in [7, 11) is -4.48. The molecule has 0 spiro atoms. The Balaban J connectivity index is 2.19. The number of nitrogens with one attached hydrogen (secondary N) is 1. The summed E-state index contributed by atoms with van der Waals surface area (Å²) >= 11 is 0. The number of ether oxygens (including phenoxy) is 1. The molecule has 1 aromatic rings. The SMILES string of the molecule is N#Cc1ccc(S(=O)(=O)NC(=O)C[C@@H]2CCCCO2)cc1C(F)(F)F. The van der Waals surface area contributed by atoms with E-state index in [4.69, 9.17) is 10.00 Å². The lowest BCUT2D eigenvalue weighted by Crippen LogP contribution is -2.34. The summed E-state index contributed by atoms with van der Waals surface area (Å²) in [5.41, 5.74) is -2.07. The highest BCUT2D eigenvalue weighted by Crippen LogP contribution is 2.33. The lowest BCUT2D eigenvalue weighted by atomic mass is 10.1. The zero-order valence-corrected chi connectivity index (χ0v) is 13.8. The molecule has 136 valence electrons. The normalized spacial score (nSPS) is 18.4. The van der Waals surface area contributed by atoms with Crippen LogP contribution in [-0.2, 0) is 25.7 Å². The van der Waals surface area contributed by atoms with Crippen LogP contribution in [0.2, 0.25) is 0 Å². The summed E-state index contributed by atoms with van der Waals surface area (Å²) in [6, 6.07) is 3.30. The maximum absolute atomic E-state index is 12.9. The van der Waals surface area contributed by atoms with Gasteiger partial charge in [-0.15, -0.1) is 0 Å². The van der Waals surface area contributed by atoms with Crippen LogP contribution in [-0.4, -0.2) is 27.0 Å². The quantitative estimate of drug-likeness (QED) is 0.870. The zero-order chi connectivity index (χ0) is 18.7. The van der Waals surface area contributed by atoms with E-state index in [2.05, 4.69) is 0 Å². The maximum Gasteiger partial charge on any atom is 0.417 e. The molecule has 1 amide bonds. The number of hydrogen-bond donors (Lipinski definition) is 1. The second-order valence-corrected chi connectivity index (χ2v) is 7.22. The fourth-order valence-corrected chi connectivity index (χ4v) is 3.47. The molecule has 1 atom stereocenters. The van der Waals surface area contributed by atoms with Crippen LogP contribution in [0.15, 0.2) is 23.1 Å². The number of alkyl halides is 3. The third kappa shape index (κ3) is 4.93. The van der Waals surface area contributed by atoms with Gasteiger partial charge in [-0.05, 0) is 37.5 Å². The van der Waals surface area contributed by atoms with Gasteiger partial charge in [-0.3, -0.25) is 4.79 Å². The van der Waals surface area contributed by atoms with E-state index in [0.717, 1.165) is 25.0 Å². The van der Waals surface area contributed by atoms with Crippen molar-refractivity contribution in [2.24, 2.45) is 0 Å². The summed E-state index contributed by atoms with van der Waals surface area (Å²) < 4.78 is 70.1. The highest BCUT2D eigenvalue weighted by atomic mass is 32.2. The van der Waals surface area contributed by atoms with Crippen LogP contribution in [0.4, 0.5) is 13.2 Å². The summed E-state index contributed by atoms with van der Waals surface area (Å²) in [6.07, 6.45) is -3.16. The van der Waals surface area contributed by atoms with E-state index >= 15 is 0 Å². The summed E-state index contributed by atoms with van der Waals surface area (Å²) in [5.74, 6) is -0.857. The van der Waals surface area contributed by atoms with Crippen LogP contribution >= 0.6 is 0 Å². The van der Waals surface area contributed by atoms with E-state index in [1.807, 2.05) is 0 Å². The molecule has 25 heavy (non-hydrogen) atoms. The van der Waals surface area contributed by atoms with E-state index in [9.17, 15) is 26.4 Å². The highest BCUT2D eigenvalue weighted by molar-refractivity contribution is 7.90. The summed E-state index contributed by atoms with van der Waals surface area (Å²) in [5, 5.41) is 8.72. The van der Waals surface area contributed by atoms with E-state index in [1.165, 1.54) is 6.07 Å². The number of sulfonamides is 1. The fraction of sp³-hybridized carbons (Fsp3) is 0.467. The summed E-state index contributed by atoms with van der Waals surface area (Å²) in [6.45, 7) is 0.481. The Bertz CT molecular complexity index is 794. The Morgan fingerprint density at radius 3 is 2.64 bits per heavy atom. The first-order chi connectivity index (χ1) is 11.6. The molecule has 2 rings (SSSR count).